The highest BCUT2D eigenvalue weighted by Gasteiger charge is 2.19. The van der Waals surface area contributed by atoms with Gasteiger partial charge in [-0.2, -0.15) is 5.10 Å². The second-order valence-corrected chi connectivity index (χ2v) is 6.64. The third kappa shape index (κ3) is 3.55. The number of carbonyl (C=O) groups is 1. The van der Waals surface area contributed by atoms with Crippen molar-refractivity contribution in [1.29, 1.82) is 0 Å². The Bertz CT molecular complexity index is 620. The molecular formula is C16H22N4OS. The van der Waals surface area contributed by atoms with Gasteiger partial charge in [0.2, 0.25) is 5.91 Å². The van der Waals surface area contributed by atoms with Crippen LogP contribution >= 0.6 is 11.3 Å². The molecule has 3 heterocycles. The highest BCUT2D eigenvalue weighted by molar-refractivity contribution is 7.09. The molecule has 2 aromatic rings. The number of hydrogen-bond acceptors (Lipinski definition) is 4. The summed E-state index contributed by atoms with van der Waals surface area (Å²) >= 11 is 1.74. The van der Waals surface area contributed by atoms with Gasteiger partial charge in [0.15, 0.2) is 5.82 Å². The van der Waals surface area contributed by atoms with Crippen molar-refractivity contribution in [2.45, 2.75) is 45.6 Å². The summed E-state index contributed by atoms with van der Waals surface area (Å²) in [4.78, 5) is 19.6. The molecule has 118 valence electrons. The van der Waals surface area contributed by atoms with Crippen LogP contribution in [0, 0.1) is 0 Å². The smallest absolute Gasteiger partial charge is 0.222 e. The first-order valence-corrected chi connectivity index (χ1v) is 8.87. The molecule has 0 aromatic carbocycles. The van der Waals surface area contributed by atoms with E-state index in [0.717, 1.165) is 63.4 Å². The Balaban J connectivity index is 1.57. The molecular weight excluding hydrogens is 296 g/mol. The summed E-state index contributed by atoms with van der Waals surface area (Å²) in [6, 6.07) is 4.18. The Morgan fingerprint density at radius 2 is 2.32 bits per heavy atom. The van der Waals surface area contributed by atoms with E-state index in [9.17, 15) is 4.79 Å². The lowest BCUT2D eigenvalue weighted by molar-refractivity contribution is -0.127. The number of aryl methyl sites for hydroxylation is 2. The third-order valence-electron chi connectivity index (χ3n) is 4.00. The molecule has 0 bridgehead atoms. The molecule has 5 nitrogen and oxygen atoms in total. The molecule has 0 N–H and O–H groups in total. The maximum atomic E-state index is 11.6. The standard InChI is InChI=1S/C16H22N4OS/c1-2-20-15(7-3-9-19-10-4-8-16(19)21)17-14(18-20)12-13-6-5-11-22-13/h5-6,11H,2-4,7-10,12H2,1H3. The summed E-state index contributed by atoms with van der Waals surface area (Å²) in [7, 11) is 0. The van der Waals surface area contributed by atoms with Crippen LogP contribution in [0.5, 0.6) is 0 Å². The second-order valence-electron chi connectivity index (χ2n) is 5.60. The number of nitrogens with zero attached hydrogens (tertiary/aromatic N) is 4. The van der Waals surface area contributed by atoms with Gasteiger partial charge in [-0.15, -0.1) is 11.3 Å². The van der Waals surface area contributed by atoms with E-state index in [4.69, 9.17) is 4.98 Å². The molecule has 3 rings (SSSR count). The van der Waals surface area contributed by atoms with E-state index < -0.39 is 0 Å². The average molecular weight is 318 g/mol. The van der Waals surface area contributed by atoms with Crippen LogP contribution in [0.1, 0.15) is 42.7 Å². The predicted octanol–water partition coefficient (Wildman–Crippen LogP) is 2.51. The molecule has 0 saturated carbocycles. The predicted molar refractivity (Wildman–Crippen MR) is 87.0 cm³/mol. The molecule has 0 aliphatic carbocycles. The van der Waals surface area contributed by atoms with Gasteiger partial charge in [0.1, 0.15) is 5.82 Å². The summed E-state index contributed by atoms with van der Waals surface area (Å²) in [5, 5.41) is 6.68. The SMILES string of the molecule is CCn1nc(Cc2cccs2)nc1CCCN1CCCC1=O. The molecule has 0 radical (unpaired) electrons. The zero-order chi connectivity index (χ0) is 15.4. The molecule has 1 aliphatic rings. The van der Waals surface area contributed by atoms with Crippen molar-refractivity contribution in [2.24, 2.45) is 0 Å². The fourth-order valence-corrected chi connectivity index (χ4v) is 3.58. The fraction of sp³-hybridized carbons (Fsp3) is 0.562. The number of thiophene rings is 1. The first-order chi connectivity index (χ1) is 10.8. The molecule has 6 heteroatoms. The summed E-state index contributed by atoms with van der Waals surface area (Å²) in [6.45, 7) is 4.70. The molecule has 1 fully saturated rings. The Labute approximate surface area is 135 Å². The number of likely N-dealkylation sites (tertiary alicyclic amines) is 1. The zero-order valence-electron chi connectivity index (χ0n) is 13.0. The van der Waals surface area contributed by atoms with Gasteiger partial charge in [-0.25, -0.2) is 4.98 Å². The molecule has 0 unspecified atom stereocenters. The van der Waals surface area contributed by atoms with Crippen molar-refractivity contribution in [3.05, 3.63) is 34.0 Å². The van der Waals surface area contributed by atoms with Gasteiger partial charge in [0.05, 0.1) is 0 Å². The molecule has 22 heavy (non-hydrogen) atoms. The van der Waals surface area contributed by atoms with Crippen LogP contribution in [0.25, 0.3) is 0 Å². The lowest BCUT2D eigenvalue weighted by atomic mass is 10.2. The minimum absolute atomic E-state index is 0.301. The summed E-state index contributed by atoms with van der Waals surface area (Å²) in [5.74, 6) is 2.24. The molecule has 2 aromatic heterocycles. The molecule has 0 atom stereocenters. The van der Waals surface area contributed by atoms with E-state index in [0.29, 0.717) is 5.91 Å². The van der Waals surface area contributed by atoms with E-state index in [1.54, 1.807) is 11.3 Å². The third-order valence-corrected chi connectivity index (χ3v) is 4.88. The van der Waals surface area contributed by atoms with Gasteiger partial charge in [-0.05, 0) is 31.2 Å². The first-order valence-electron chi connectivity index (χ1n) is 7.99. The van der Waals surface area contributed by atoms with Gasteiger partial charge < -0.3 is 4.90 Å². The minimum Gasteiger partial charge on any atom is -0.343 e. The Kier molecular flexibility index (Phi) is 4.87. The largest absolute Gasteiger partial charge is 0.343 e. The second kappa shape index (κ2) is 7.05. The fourth-order valence-electron chi connectivity index (χ4n) is 2.88. The van der Waals surface area contributed by atoms with Gasteiger partial charge >= 0.3 is 0 Å². The van der Waals surface area contributed by atoms with E-state index in [2.05, 4.69) is 29.5 Å². The first kappa shape index (κ1) is 15.2. The van der Waals surface area contributed by atoms with Crippen LogP contribution in [0.4, 0.5) is 0 Å². The average Bonchev–Trinajstić information content (AvgIpc) is 3.23. The maximum absolute atomic E-state index is 11.6. The lowest BCUT2D eigenvalue weighted by Gasteiger charge is -2.14. The van der Waals surface area contributed by atoms with Crippen molar-refractivity contribution in [3.63, 3.8) is 0 Å². The Morgan fingerprint density at radius 3 is 3.00 bits per heavy atom. The van der Waals surface area contributed by atoms with Gasteiger partial charge in [-0.3, -0.25) is 9.48 Å². The van der Waals surface area contributed by atoms with Gasteiger partial charge in [0, 0.05) is 43.8 Å². The monoisotopic (exact) mass is 318 g/mol. The van der Waals surface area contributed by atoms with Gasteiger partial charge in [-0.1, -0.05) is 6.07 Å². The van der Waals surface area contributed by atoms with Crippen molar-refractivity contribution in [2.75, 3.05) is 13.1 Å². The van der Waals surface area contributed by atoms with Crippen LogP contribution in [0.15, 0.2) is 17.5 Å². The quantitative estimate of drug-likeness (QED) is 0.788. The van der Waals surface area contributed by atoms with Crippen LogP contribution in [0.3, 0.4) is 0 Å². The van der Waals surface area contributed by atoms with Crippen LogP contribution in [-0.4, -0.2) is 38.7 Å². The summed E-state index contributed by atoms with van der Waals surface area (Å²) in [5.41, 5.74) is 0. The maximum Gasteiger partial charge on any atom is 0.222 e. The molecule has 1 saturated heterocycles. The van der Waals surface area contributed by atoms with E-state index in [1.165, 1.54) is 4.88 Å². The van der Waals surface area contributed by atoms with Crippen LogP contribution < -0.4 is 0 Å². The van der Waals surface area contributed by atoms with E-state index >= 15 is 0 Å². The molecule has 1 aliphatic heterocycles. The molecule has 0 spiro atoms. The van der Waals surface area contributed by atoms with Crippen LogP contribution in [0.2, 0.25) is 0 Å². The number of rotatable bonds is 7. The normalized spacial score (nSPS) is 15.0. The summed E-state index contributed by atoms with van der Waals surface area (Å²) < 4.78 is 1.99. The Hall–Kier alpha value is -1.69. The van der Waals surface area contributed by atoms with Crippen molar-refractivity contribution in [1.82, 2.24) is 19.7 Å². The highest BCUT2D eigenvalue weighted by atomic mass is 32.1. The highest BCUT2D eigenvalue weighted by Crippen LogP contribution is 2.14. The number of aromatic nitrogens is 3. The van der Waals surface area contributed by atoms with Crippen molar-refractivity contribution < 1.29 is 4.79 Å². The number of carbonyl (C=O) groups excluding carboxylic acids is 1. The number of amides is 1. The minimum atomic E-state index is 0.301. The van der Waals surface area contributed by atoms with Gasteiger partial charge in [0.25, 0.3) is 0 Å². The van der Waals surface area contributed by atoms with Crippen molar-refractivity contribution in [3.8, 4) is 0 Å². The van der Waals surface area contributed by atoms with Crippen LogP contribution in [-0.2, 0) is 24.2 Å². The molecule has 1 amide bonds. The summed E-state index contributed by atoms with van der Waals surface area (Å²) in [6.07, 6.45) is 4.38. The van der Waals surface area contributed by atoms with E-state index in [1.807, 2.05) is 9.58 Å². The van der Waals surface area contributed by atoms with E-state index in [-0.39, 0.29) is 0 Å². The number of hydrogen-bond donors (Lipinski definition) is 0. The topological polar surface area (TPSA) is 51.0 Å². The zero-order valence-corrected chi connectivity index (χ0v) is 13.8. The lowest BCUT2D eigenvalue weighted by Crippen LogP contribution is -2.26. The van der Waals surface area contributed by atoms with Crippen molar-refractivity contribution >= 4 is 17.2 Å². The Morgan fingerprint density at radius 1 is 1.41 bits per heavy atom.